The Morgan fingerprint density at radius 1 is 1.28 bits per heavy atom. The third-order valence-electron chi connectivity index (χ3n) is 4.43. The maximum absolute atomic E-state index is 12.1. The lowest BCUT2D eigenvalue weighted by molar-refractivity contribution is -0.133. The molecule has 1 amide bonds. The SMILES string of the molecule is CCCC(N)CC(=O)N(C)C1CCC(CC)CC1. The van der Waals surface area contributed by atoms with Gasteiger partial charge in [0.2, 0.25) is 5.91 Å². The molecule has 0 aromatic heterocycles. The zero-order valence-electron chi connectivity index (χ0n) is 12.3. The minimum absolute atomic E-state index is 0.0388. The lowest BCUT2D eigenvalue weighted by Gasteiger charge is -2.35. The van der Waals surface area contributed by atoms with Crippen molar-refractivity contribution < 1.29 is 4.79 Å². The first-order chi connectivity index (χ1) is 8.58. The summed E-state index contributed by atoms with van der Waals surface area (Å²) in [6.07, 6.45) is 8.69. The van der Waals surface area contributed by atoms with Gasteiger partial charge in [-0.1, -0.05) is 26.7 Å². The molecular weight excluding hydrogens is 224 g/mol. The topological polar surface area (TPSA) is 46.3 Å². The molecule has 2 N–H and O–H groups in total. The van der Waals surface area contributed by atoms with Crippen molar-refractivity contribution in [3.63, 3.8) is 0 Å². The van der Waals surface area contributed by atoms with Crippen molar-refractivity contribution in [2.45, 2.75) is 77.3 Å². The maximum atomic E-state index is 12.1. The third kappa shape index (κ3) is 4.60. The van der Waals surface area contributed by atoms with Gasteiger partial charge in [-0.25, -0.2) is 0 Å². The van der Waals surface area contributed by atoms with Gasteiger partial charge in [0.15, 0.2) is 0 Å². The highest BCUT2D eigenvalue weighted by molar-refractivity contribution is 5.76. The Labute approximate surface area is 112 Å². The summed E-state index contributed by atoms with van der Waals surface area (Å²) in [6, 6.07) is 0.492. The molecule has 1 unspecified atom stereocenters. The van der Waals surface area contributed by atoms with E-state index in [9.17, 15) is 4.79 Å². The highest BCUT2D eigenvalue weighted by Gasteiger charge is 2.26. The van der Waals surface area contributed by atoms with E-state index < -0.39 is 0 Å². The second-order valence-electron chi connectivity index (χ2n) is 5.84. The van der Waals surface area contributed by atoms with Crippen LogP contribution in [0.3, 0.4) is 0 Å². The molecule has 1 atom stereocenters. The second kappa shape index (κ2) is 7.78. The van der Waals surface area contributed by atoms with Crippen LogP contribution >= 0.6 is 0 Å². The first-order valence-corrected chi connectivity index (χ1v) is 7.59. The molecule has 0 radical (unpaired) electrons. The summed E-state index contributed by atoms with van der Waals surface area (Å²) in [5, 5.41) is 0. The van der Waals surface area contributed by atoms with Crippen molar-refractivity contribution in [2.24, 2.45) is 11.7 Å². The largest absolute Gasteiger partial charge is 0.343 e. The monoisotopic (exact) mass is 254 g/mol. The van der Waals surface area contributed by atoms with Crippen molar-refractivity contribution in [3.8, 4) is 0 Å². The maximum Gasteiger partial charge on any atom is 0.224 e. The highest BCUT2D eigenvalue weighted by Crippen LogP contribution is 2.29. The van der Waals surface area contributed by atoms with Gasteiger partial charge in [0.05, 0.1) is 0 Å². The summed E-state index contributed by atoms with van der Waals surface area (Å²) >= 11 is 0. The van der Waals surface area contributed by atoms with Crippen LogP contribution in [0.2, 0.25) is 0 Å². The number of carbonyl (C=O) groups is 1. The molecule has 0 aromatic rings. The molecule has 0 aliphatic heterocycles. The molecule has 0 bridgehead atoms. The van der Waals surface area contributed by atoms with Crippen LogP contribution in [0.5, 0.6) is 0 Å². The van der Waals surface area contributed by atoms with Crippen molar-refractivity contribution in [1.29, 1.82) is 0 Å². The van der Waals surface area contributed by atoms with Crippen LogP contribution in [0, 0.1) is 5.92 Å². The zero-order valence-corrected chi connectivity index (χ0v) is 12.3. The van der Waals surface area contributed by atoms with Gasteiger partial charge in [0.1, 0.15) is 0 Å². The minimum Gasteiger partial charge on any atom is -0.343 e. The molecule has 0 aromatic carbocycles. The van der Waals surface area contributed by atoms with Crippen LogP contribution in [0.25, 0.3) is 0 Å². The smallest absolute Gasteiger partial charge is 0.224 e. The Kier molecular flexibility index (Phi) is 6.69. The standard InChI is InChI=1S/C15H30N2O/c1-4-6-13(16)11-15(18)17(3)14-9-7-12(5-2)8-10-14/h12-14H,4-11,16H2,1-3H3. The molecule has 18 heavy (non-hydrogen) atoms. The average molecular weight is 254 g/mol. The predicted octanol–water partition coefficient (Wildman–Crippen LogP) is 2.93. The van der Waals surface area contributed by atoms with Gasteiger partial charge >= 0.3 is 0 Å². The van der Waals surface area contributed by atoms with Crippen molar-refractivity contribution >= 4 is 5.91 Å². The van der Waals surface area contributed by atoms with Gasteiger partial charge in [0.25, 0.3) is 0 Å². The number of nitrogens with two attached hydrogens (primary N) is 1. The highest BCUT2D eigenvalue weighted by atomic mass is 16.2. The Balaban J connectivity index is 2.35. The summed E-state index contributed by atoms with van der Waals surface area (Å²) in [5.74, 6) is 1.11. The lowest BCUT2D eigenvalue weighted by Crippen LogP contribution is -2.41. The van der Waals surface area contributed by atoms with Crippen molar-refractivity contribution in [2.75, 3.05) is 7.05 Å². The summed E-state index contributed by atoms with van der Waals surface area (Å²) < 4.78 is 0. The average Bonchev–Trinajstić information content (AvgIpc) is 2.38. The predicted molar refractivity (Wildman–Crippen MR) is 76.3 cm³/mol. The quantitative estimate of drug-likeness (QED) is 0.792. The molecule has 1 saturated carbocycles. The van der Waals surface area contributed by atoms with Gasteiger partial charge in [-0.05, 0) is 38.0 Å². The first-order valence-electron chi connectivity index (χ1n) is 7.59. The van der Waals surface area contributed by atoms with E-state index in [1.807, 2.05) is 11.9 Å². The van der Waals surface area contributed by atoms with Gasteiger partial charge in [0, 0.05) is 25.6 Å². The second-order valence-corrected chi connectivity index (χ2v) is 5.84. The molecule has 1 rings (SSSR count). The Morgan fingerprint density at radius 2 is 1.89 bits per heavy atom. The molecule has 1 aliphatic rings. The summed E-state index contributed by atoms with van der Waals surface area (Å²) in [6.45, 7) is 4.38. The molecule has 0 spiro atoms. The van der Waals surface area contributed by atoms with Crippen molar-refractivity contribution in [1.82, 2.24) is 4.90 Å². The van der Waals surface area contributed by atoms with E-state index in [1.54, 1.807) is 0 Å². The van der Waals surface area contributed by atoms with E-state index in [2.05, 4.69) is 13.8 Å². The fourth-order valence-electron chi connectivity index (χ4n) is 2.99. The van der Waals surface area contributed by atoms with E-state index in [0.717, 1.165) is 18.8 Å². The third-order valence-corrected chi connectivity index (χ3v) is 4.43. The van der Waals surface area contributed by atoms with Crippen LogP contribution in [0.1, 0.15) is 65.2 Å². The van der Waals surface area contributed by atoms with Crippen LogP contribution < -0.4 is 5.73 Å². The molecule has 3 nitrogen and oxygen atoms in total. The zero-order chi connectivity index (χ0) is 13.5. The Bertz CT molecular complexity index is 247. The fourth-order valence-corrected chi connectivity index (χ4v) is 2.99. The summed E-state index contributed by atoms with van der Waals surface area (Å²) in [4.78, 5) is 14.1. The van der Waals surface area contributed by atoms with Gasteiger partial charge in [-0.15, -0.1) is 0 Å². The molecule has 1 aliphatic carbocycles. The molecule has 3 heteroatoms. The Hall–Kier alpha value is -0.570. The number of rotatable bonds is 6. The molecular formula is C15H30N2O. The van der Waals surface area contributed by atoms with Crippen LogP contribution in [-0.2, 0) is 4.79 Å². The van der Waals surface area contributed by atoms with E-state index in [4.69, 9.17) is 5.73 Å². The number of hydrogen-bond donors (Lipinski definition) is 1. The van der Waals surface area contributed by atoms with Gasteiger partial charge < -0.3 is 10.6 Å². The van der Waals surface area contributed by atoms with Gasteiger partial charge in [-0.3, -0.25) is 4.79 Å². The minimum atomic E-state index is 0.0388. The van der Waals surface area contributed by atoms with E-state index >= 15 is 0 Å². The van der Waals surface area contributed by atoms with E-state index in [-0.39, 0.29) is 11.9 Å². The molecule has 0 saturated heterocycles. The van der Waals surface area contributed by atoms with E-state index in [1.165, 1.54) is 32.1 Å². The van der Waals surface area contributed by atoms with E-state index in [0.29, 0.717) is 12.5 Å². The van der Waals surface area contributed by atoms with Gasteiger partial charge in [-0.2, -0.15) is 0 Å². The molecule has 106 valence electrons. The van der Waals surface area contributed by atoms with Crippen LogP contribution in [0.15, 0.2) is 0 Å². The number of nitrogens with zero attached hydrogens (tertiary/aromatic N) is 1. The Morgan fingerprint density at radius 3 is 2.39 bits per heavy atom. The number of hydrogen-bond acceptors (Lipinski definition) is 2. The normalized spacial score (nSPS) is 25.8. The van der Waals surface area contributed by atoms with Crippen LogP contribution in [0.4, 0.5) is 0 Å². The fraction of sp³-hybridized carbons (Fsp3) is 0.933. The molecule has 1 fully saturated rings. The summed E-state index contributed by atoms with van der Waals surface area (Å²) in [5.41, 5.74) is 5.95. The first kappa shape index (κ1) is 15.5. The van der Waals surface area contributed by atoms with Crippen molar-refractivity contribution in [3.05, 3.63) is 0 Å². The molecule has 0 heterocycles. The van der Waals surface area contributed by atoms with Crippen LogP contribution in [-0.4, -0.2) is 29.9 Å². The lowest BCUT2D eigenvalue weighted by atomic mass is 9.84. The number of carbonyl (C=O) groups excluding carboxylic acids is 1. The number of amides is 1. The summed E-state index contributed by atoms with van der Waals surface area (Å²) in [7, 11) is 1.96.